The number of aromatic nitrogens is 1. The third kappa shape index (κ3) is 4.02. The number of piperazine rings is 1. The van der Waals surface area contributed by atoms with Crippen molar-refractivity contribution in [3.05, 3.63) is 52.8 Å². The molecule has 0 radical (unpaired) electrons. The summed E-state index contributed by atoms with van der Waals surface area (Å²) in [5, 5.41) is 12.0. The van der Waals surface area contributed by atoms with E-state index >= 15 is 0 Å². The molecule has 1 amide bonds. The van der Waals surface area contributed by atoms with Gasteiger partial charge in [0.15, 0.2) is 0 Å². The summed E-state index contributed by atoms with van der Waals surface area (Å²) in [6.07, 6.45) is 3.97. The van der Waals surface area contributed by atoms with E-state index in [1.807, 2.05) is 41.0 Å². The number of halogens is 1. The summed E-state index contributed by atoms with van der Waals surface area (Å²) in [5.74, 6) is 0.0313. The number of nitrogens with zero attached hydrogens (tertiary/aromatic N) is 4. The number of hydrogen-bond donors (Lipinski definition) is 1. The standard InChI is InChI=1S/C22H29ClN4O2/c1-3-8-27-15-20(21(28)18-13-24(2)14-19(18)22(27)29)26-11-9-25(10-12-26)17-6-4-16(23)5-7-17/h4-7,13-14,20-21,28H,3,8-12,15H2,1-2H3. The van der Waals surface area contributed by atoms with Gasteiger partial charge in [-0.1, -0.05) is 18.5 Å². The number of aliphatic hydroxyl groups is 1. The molecule has 2 aromatic rings. The van der Waals surface area contributed by atoms with Crippen molar-refractivity contribution in [3.63, 3.8) is 0 Å². The number of hydrogen-bond acceptors (Lipinski definition) is 4. The highest BCUT2D eigenvalue weighted by atomic mass is 35.5. The molecular weight excluding hydrogens is 388 g/mol. The van der Waals surface area contributed by atoms with E-state index in [4.69, 9.17) is 11.6 Å². The van der Waals surface area contributed by atoms with E-state index in [0.717, 1.165) is 43.2 Å². The number of aliphatic hydroxyl groups excluding tert-OH is 1. The lowest BCUT2D eigenvalue weighted by Gasteiger charge is -2.42. The predicted molar refractivity (Wildman–Crippen MR) is 116 cm³/mol. The fourth-order valence-corrected chi connectivity index (χ4v) is 4.67. The topological polar surface area (TPSA) is 52.0 Å². The Morgan fingerprint density at radius 3 is 2.45 bits per heavy atom. The zero-order valence-electron chi connectivity index (χ0n) is 17.1. The van der Waals surface area contributed by atoms with Crippen molar-refractivity contribution in [3.8, 4) is 0 Å². The Labute approximate surface area is 177 Å². The second-order valence-electron chi connectivity index (χ2n) is 8.06. The van der Waals surface area contributed by atoms with Crippen LogP contribution in [0.4, 0.5) is 5.69 Å². The number of carbonyl (C=O) groups is 1. The van der Waals surface area contributed by atoms with Gasteiger partial charge in [-0.05, 0) is 30.7 Å². The molecule has 2 unspecified atom stereocenters. The van der Waals surface area contributed by atoms with E-state index in [-0.39, 0.29) is 11.9 Å². The minimum atomic E-state index is -0.668. The fourth-order valence-electron chi connectivity index (χ4n) is 4.55. The third-order valence-corrected chi connectivity index (χ3v) is 6.32. The smallest absolute Gasteiger partial charge is 0.255 e. The average Bonchev–Trinajstić information content (AvgIpc) is 3.09. The van der Waals surface area contributed by atoms with Crippen LogP contribution in [-0.4, -0.2) is 70.7 Å². The molecule has 1 N–H and O–H groups in total. The summed E-state index contributed by atoms with van der Waals surface area (Å²) in [4.78, 5) is 19.6. The van der Waals surface area contributed by atoms with E-state index in [2.05, 4.69) is 28.9 Å². The van der Waals surface area contributed by atoms with Crippen LogP contribution in [0, 0.1) is 0 Å². The van der Waals surface area contributed by atoms with Crippen molar-refractivity contribution in [1.82, 2.24) is 14.4 Å². The van der Waals surface area contributed by atoms with Crippen molar-refractivity contribution >= 4 is 23.2 Å². The molecule has 3 heterocycles. The summed E-state index contributed by atoms with van der Waals surface area (Å²) in [7, 11) is 1.90. The van der Waals surface area contributed by atoms with Crippen LogP contribution >= 0.6 is 11.6 Å². The molecule has 29 heavy (non-hydrogen) atoms. The number of aryl methyl sites for hydroxylation is 1. The minimum absolute atomic E-state index is 0.0313. The normalized spacial score (nSPS) is 23.2. The molecule has 1 fully saturated rings. The number of rotatable bonds is 4. The Morgan fingerprint density at radius 2 is 1.79 bits per heavy atom. The van der Waals surface area contributed by atoms with Crippen LogP contribution in [0.1, 0.15) is 35.4 Å². The van der Waals surface area contributed by atoms with Crippen molar-refractivity contribution < 1.29 is 9.90 Å². The molecule has 1 aromatic heterocycles. The van der Waals surface area contributed by atoms with Crippen LogP contribution in [-0.2, 0) is 7.05 Å². The molecule has 4 rings (SSSR count). The molecule has 2 aliphatic heterocycles. The highest BCUT2D eigenvalue weighted by molar-refractivity contribution is 6.30. The van der Waals surface area contributed by atoms with E-state index in [1.165, 1.54) is 5.69 Å². The van der Waals surface area contributed by atoms with E-state index in [1.54, 1.807) is 0 Å². The van der Waals surface area contributed by atoms with Gasteiger partial charge in [-0.15, -0.1) is 0 Å². The van der Waals surface area contributed by atoms with Crippen molar-refractivity contribution in [2.24, 2.45) is 7.05 Å². The van der Waals surface area contributed by atoms with Gasteiger partial charge in [0.1, 0.15) is 0 Å². The molecule has 2 aliphatic rings. The number of fused-ring (bicyclic) bond motifs is 1. The van der Waals surface area contributed by atoms with Crippen molar-refractivity contribution in [1.29, 1.82) is 0 Å². The van der Waals surface area contributed by atoms with Crippen LogP contribution in [0.5, 0.6) is 0 Å². The lowest BCUT2D eigenvalue weighted by molar-refractivity contribution is 0.0276. The summed E-state index contributed by atoms with van der Waals surface area (Å²) < 4.78 is 1.87. The Bertz CT molecular complexity index is 858. The van der Waals surface area contributed by atoms with E-state index in [9.17, 15) is 9.90 Å². The summed E-state index contributed by atoms with van der Waals surface area (Å²) in [6, 6.07) is 7.85. The summed E-state index contributed by atoms with van der Waals surface area (Å²) in [5.41, 5.74) is 2.56. The summed E-state index contributed by atoms with van der Waals surface area (Å²) in [6.45, 7) is 6.82. The zero-order valence-corrected chi connectivity index (χ0v) is 17.8. The monoisotopic (exact) mass is 416 g/mol. The van der Waals surface area contributed by atoms with Crippen LogP contribution in [0.2, 0.25) is 5.02 Å². The SMILES string of the molecule is CCCN1CC(N2CCN(c3ccc(Cl)cc3)CC2)C(O)c2cn(C)cc2C1=O. The molecule has 2 atom stereocenters. The first kappa shape index (κ1) is 20.3. The van der Waals surface area contributed by atoms with Gasteiger partial charge < -0.3 is 19.5 Å². The second-order valence-corrected chi connectivity index (χ2v) is 8.49. The highest BCUT2D eigenvalue weighted by Crippen LogP contribution is 2.31. The predicted octanol–water partition coefficient (Wildman–Crippen LogP) is 2.77. The van der Waals surface area contributed by atoms with Crippen molar-refractivity contribution in [2.45, 2.75) is 25.5 Å². The van der Waals surface area contributed by atoms with Gasteiger partial charge in [-0.2, -0.15) is 0 Å². The quantitative estimate of drug-likeness (QED) is 0.832. The van der Waals surface area contributed by atoms with Gasteiger partial charge in [0.05, 0.1) is 17.7 Å². The lowest BCUT2D eigenvalue weighted by atomic mass is 10.0. The Morgan fingerprint density at radius 1 is 1.10 bits per heavy atom. The van der Waals surface area contributed by atoms with Gasteiger partial charge in [0, 0.05) is 75.0 Å². The van der Waals surface area contributed by atoms with Gasteiger partial charge in [0.2, 0.25) is 0 Å². The molecule has 1 saturated heterocycles. The van der Waals surface area contributed by atoms with Gasteiger partial charge in [0.25, 0.3) is 5.91 Å². The van der Waals surface area contributed by atoms with Gasteiger partial charge in [-0.3, -0.25) is 9.69 Å². The van der Waals surface area contributed by atoms with Crippen LogP contribution in [0.3, 0.4) is 0 Å². The Balaban J connectivity index is 1.53. The second kappa shape index (κ2) is 8.38. The van der Waals surface area contributed by atoms with Gasteiger partial charge >= 0.3 is 0 Å². The first-order valence-corrected chi connectivity index (χ1v) is 10.7. The summed E-state index contributed by atoms with van der Waals surface area (Å²) >= 11 is 6.01. The van der Waals surface area contributed by atoms with Crippen LogP contribution < -0.4 is 4.90 Å². The molecule has 0 spiro atoms. The highest BCUT2D eigenvalue weighted by Gasteiger charge is 2.38. The molecule has 156 valence electrons. The van der Waals surface area contributed by atoms with Crippen LogP contribution in [0.15, 0.2) is 36.7 Å². The number of amides is 1. The van der Waals surface area contributed by atoms with Gasteiger partial charge in [-0.25, -0.2) is 0 Å². The van der Waals surface area contributed by atoms with E-state index < -0.39 is 6.10 Å². The first-order chi connectivity index (χ1) is 14.0. The molecule has 7 heteroatoms. The average molecular weight is 417 g/mol. The fraction of sp³-hybridized carbons (Fsp3) is 0.500. The number of anilines is 1. The third-order valence-electron chi connectivity index (χ3n) is 6.06. The number of carbonyl (C=O) groups excluding carboxylic acids is 1. The maximum absolute atomic E-state index is 13.0. The maximum Gasteiger partial charge on any atom is 0.255 e. The lowest BCUT2D eigenvalue weighted by Crippen LogP contribution is -2.55. The van der Waals surface area contributed by atoms with E-state index in [0.29, 0.717) is 18.7 Å². The molecule has 6 nitrogen and oxygen atoms in total. The Kier molecular flexibility index (Phi) is 5.86. The largest absolute Gasteiger partial charge is 0.387 e. The van der Waals surface area contributed by atoms with Crippen LogP contribution in [0.25, 0.3) is 0 Å². The maximum atomic E-state index is 13.0. The minimum Gasteiger partial charge on any atom is -0.387 e. The zero-order chi connectivity index (χ0) is 20.5. The Hall–Kier alpha value is -2.02. The number of benzene rings is 1. The molecule has 1 aromatic carbocycles. The molecule has 0 saturated carbocycles. The molecule has 0 bridgehead atoms. The van der Waals surface area contributed by atoms with Crippen molar-refractivity contribution in [2.75, 3.05) is 44.2 Å². The molecular formula is C22H29ClN4O2. The first-order valence-electron chi connectivity index (χ1n) is 10.4. The molecule has 0 aliphatic carbocycles.